The Hall–Kier alpha value is -2.10. The highest BCUT2D eigenvalue weighted by Gasteiger charge is 2.04. The monoisotopic (exact) mass is 230 g/mol. The predicted molar refractivity (Wildman–Crippen MR) is 66.3 cm³/mol. The summed E-state index contributed by atoms with van der Waals surface area (Å²) in [7, 11) is 0. The van der Waals surface area contributed by atoms with Gasteiger partial charge in [0.05, 0.1) is 6.54 Å². The maximum Gasteiger partial charge on any atom is 0.328 e. The Morgan fingerprint density at radius 2 is 1.94 bits per heavy atom. The summed E-state index contributed by atoms with van der Waals surface area (Å²) in [6.07, 6.45) is 1.37. The number of hydrogen-bond acceptors (Lipinski definition) is 2. The summed E-state index contributed by atoms with van der Waals surface area (Å²) in [5.74, 6) is 0. The molecule has 4 nitrogen and oxygen atoms in total. The first-order chi connectivity index (χ1) is 8.08. The third-order valence-electron chi connectivity index (χ3n) is 2.78. The number of nitrogens with one attached hydrogen (secondary N) is 1. The molecule has 1 aromatic carbocycles. The minimum absolute atomic E-state index is 0.283. The van der Waals surface area contributed by atoms with Crippen LogP contribution in [0.3, 0.4) is 0 Å². The van der Waals surface area contributed by atoms with Crippen molar-refractivity contribution in [1.29, 1.82) is 0 Å². The van der Waals surface area contributed by atoms with E-state index in [0.29, 0.717) is 6.54 Å². The molecule has 1 aromatic heterocycles. The van der Waals surface area contributed by atoms with E-state index in [9.17, 15) is 9.59 Å². The first-order valence-corrected chi connectivity index (χ1v) is 5.42. The predicted octanol–water partition coefficient (Wildman–Crippen LogP) is 1.20. The van der Waals surface area contributed by atoms with Crippen LogP contribution < -0.4 is 11.2 Å². The van der Waals surface area contributed by atoms with E-state index in [0.717, 1.165) is 16.7 Å². The van der Waals surface area contributed by atoms with Crippen LogP contribution in [0.2, 0.25) is 0 Å². The Bertz CT molecular complexity index is 625. The molecule has 0 amide bonds. The first kappa shape index (κ1) is 11.4. The van der Waals surface area contributed by atoms with Crippen LogP contribution >= 0.6 is 0 Å². The number of aromatic amines is 1. The maximum absolute atomic E-state index is 11.6. The number of aryl methyl sites for hydroxylation is 2. The summed E-state index contributed by atoms with van der Waals surface area (Å²) in [5, 5.41) is 0. The van der Waals surface area contributed by atoms with Crippen molar-refractivity contribution in [3.05, 3.63) is 68.0 Å². The van der Waals surface area contributed by atoms with Crippen molar-refractivity contribution in [1.82, 2.24) is 9.55 Å². The number of aromatic nitrogens is 2. The fraction of sp³-hybridized carbons (Fsp3) is 0.231. The van der Waals surface area contributed by atoms with Gasteiger partial charge in [-0.05, 0) is 25.0 Å². The lowest BCUT2D eigenvalue weighted by Crippen LogP contribution is -2.34. The Morgan fingerprint density at radius 1 is 1.18 bits per heavy atom. The van der Waals surface area contributed by atoms with Gasteiger partial charge in [-0.2, -0.15) is 0 Å². The van der Waals surface area contributed by atoms with Gasteiger partial charge in [-0.15, -0.1) is 0 Å². The fourth-order valence-corrected chi connectivity index (χ4v) is 1.74. The van der Waals surface area contributed by atoms with Crippen LogP contribution in [-0.2, 0) is 6.54 Å². The molecule has 0 aliphatic heterocycles. The molecule has 1 N–H and O–H groups in total. The molecule has 0 atom stereocenters. The van der Waals surface area contributed by atoms with Crippen LogP contribution in [0.1, 0.15) is 16.7 Å². The number of nitrogens with zero attached hydrogens (tertiary/aromatic N) is 1. The third kappa shape index (κ3) is 2.36. The molecule has 0 spiro atoms. The molecule has 0 radical (unpaired) electrons. The van der Waals surface area contributed by atoms with Crippen LogP contribution in [0.25, 0.3) is 0 Å². The van der Waals surface area contributed by atoms with Gasteiger partial charge >= 0.3 is 5.69 Å². The van der Waals surface area contributed by atoms with Crippen LogP contribution in [0.4, 0.5) is 0 Å². The highest BCUT2D eigenvalue weighted by Crippen LogP contribution is 2.10. The molecule has 0 bridgehead atoms. The minimum Gasteiger partial charge on any atom is -0.314 e. The number of H-pyrrole nitrogens is 1. The topological polar surface area (TPSA) is 54.9 Å². The molecule has 0 unspecified atom stereocenters. The van der Waals surface area contributed by atoms with E-state index in [2.05, 4.69) is 4.98 Å². The van der Waals surface area contributed by atoms with Gasteiger partial charge in [-0.25, -0.2) is 4.79 Å². The lowest BCUT2D eigenvalue weighted by molar-refractivity contribution is 0.695. The molecule has 0 fully saturated rings. The molecule has 0 aliphatic carbocycles. The van der Waals surface area contributed by atoms with Gasteiger partial charge < -0.3 is 4.98 Å². The van der Waals surface area contributed by atoms with Crippen molar-refractivity contribution in [2.24, 2.45) is 0 Å². The van der Waals surface area contributed by atoms with Gasteiger partial charge in [-0.1, -0.05) is 23.8 Å². The summed E-state index contributed by atoms with van der Waals surface area (Å²) >= 11 is 0. The summed E-state index contributed by atoms with van der Waals surface area (Å²) in [6.45, 7) is 4.26. The fourth-order valence-electron chi connectivity index (χ4n) is 1.74. The molecule has 1 heterocycles. The molecule has 0 aliphatic rings. The maximum atomic E-state index is 11.6. The van der Waals surface area contributed by atoms with Gasteiger partial charge in [0.15, 0.2) is 0 Å². The molecular formula is C13H14N2O2. The van der Waals surface area contributed by atoms with Crippen molar-refractivity contribution in [3.63, 3.8) is 0 Å². The van der Waals surface area contributed by atoms with Crippen LogP contribution in [0.5, 0.6) is 0 Å². The van der Waals surface area contributed by atoms with Gasteiger partial charge in [0.25, 0.3) is 5.56 Å². The van der Waals surface area contributed by atoms with E-state index < -0.39 is 0 Å². The van der Waals surface area contributed by atoms with Crippen molar-refractivity contribution in [3.8, 4) is 0 Å². The molecule has 2 rings (SSSR count). The quantitative estimate of drug-likeness (QED) is 0.842. The molecule has 0 saturated carbocycles. The average molecular weight is 230 g/mol. The van der Waals surface area contributed by atoms with Gasteiger partial charge in [0, 0.05) is 12.3 Å². The number of hydrogen-bond donors (Lipinski definition) is 1. The average Bonchev–Trinajstić information content (AvgIpc) is 2.28. The second-order valence-corrected chi connectivity index (χ2v) is 4.14. The van der Waals surface area contributed by atoms with E-state index in [4.69, 9.17) is 0 Å². The zero-order chi connectivity index (χ0) is 12.4. The Kier molecular flexibility index (Phi) is 2.95. The van der Waals surface area contributed by atoms with E-state index in [-0.39, 0.29) is 11.2 Å². The van der Waals surface area contributed by atoms with Gasteiger partial charge in [0.1, 0.15) is 0 Å². The highest BCUT2D eigenvalue weighted by molar-refractivity contribution is 5.30. The Labute approximate surface area is 98.6 Å². The highest BCUT2D eigenvalue weighted by atomic mass is 16.2. The normalized spacial score (nSPS) is 10.5. The van der Waals surface area contributed by atoms with Gasteiger partial charge in [0.2, 0.25) is 0 Å². The summed E-state index contributed by atoms with van der Waals surface area (Å²) < 4.78 is 1.20. The summed E-state index contributed by atoms with van der Waals surface area (Å²) in [4.78, 5) is 25.6. The van der Waals surface area contributed by atoms with Crippen LogP contribution in [0, 0.1) is 13.8 Å². The van der Waals surface area contributed by atoms with Crippen molar-refractivity contribution in [2.45, 2.75) is 20.4 Å². The van der Waals surface area contributed by atoms with Gasteiger partial charge in [-0.3, -0.25) is 9.36 Å². The second-order valence-electron chi connectivity index (χ2n) is 4.14. The van der Waals surface area contributed by atoms with E-state index >= 15 is 0 Å². The third-order valence-corrected chi connectivity index (χ3v) is 2.78. The zero-order valence-electron chi connectivity index (χ0n) is 9.86. The van der Waals surface area contributed by atoms with Crippen molar-refractivity contribution >= 4 is 0 Å². The van der Waals surface area contributed by atoms with E-state index in [1.54, 1.807) is 0 Å². The Morgan fingerprint density at radius 3 is 2.65 bits per heavy atom. The van der Waals surface area contributed by atoms with Crippen molar-refractivity contribution in [2.75, 3.05) is 0 Å². The number of rotatable bonds is 2. The smallest absolute Gasteiger partial charge is 0.314 e. The standard InChI is InChI=1S/C13H14N2O2/c1-9-3-4-10(2)11(7-9)8-15-12(16)5-6-14-13(15)17/h3-7H,8H2,1-2H3,(H,14,17). The largest absolute Gasteiger partial charge is 0.328 e. The number of benzene rings is 1. The Balaban J connectivity index is 2.48. The molecule has 4 heteroatoms. The van der Waals surface area contributed by atoms with Crippen LogP contribution in [0.15, 0.2) is 40.1 Å². The molecular weight excluding hydrogens is 216 g/mol. The first-order valence-electron chi connectivity index (χ1n) is 5.42. The molecule has 2 aromatic rings. The SMILES string of the molecule is Cc1ccc(C)c(Cn2c(=O)cc[nH]c2=O)c1. The molecule has 17 heavy (non-hydrogen) atoms. The minimum atomic E-state index is -0.376. The van der Waals surface area contributed by atoms with E-state index in [1.807, 2.05) is 32.0 Å². The zero-order valence-corrected chi connectivity index (χ0v) is 9.86. The summed E-state index contributed by atoms with van der Waals surface area (Å²) in [5.41, 5.74) is 2.52. The second kappa shape index (κ2) is 4.41. The van der Waals surface area contributed by atoms with Crippen LogP contribution in [-0.4, -0.2) is 9.55 Å². The van der Waals surface area contributed by atoms with Crippen molar-refractivity contribution < 1.29 is 0 Å². The summed E-state index contributed by atoms with van der Waals surface area (Å²) in [6, 6.07) is 7.35. The van der Waals surface area contributed by atoms with E-state index in [1.165, 1.54) is 16.8 Å². The lowest BCUT2D eigenvalue weighted by atomic mass is 10.1. The molecule has 88 valence electrons. The molecule has 0 saturated heterocycles. The lowest BCUT2D eigenvalue weighted by Gasteiger charge is -2.08.